The Hall–Kier alpha value is -0.860. The predicted octanol–water partition coefficient (Wildman–Crippen LogP) is 5.16. The maximum Gasteiger partial charge on any atom is 0.123 e. The van der Waals surface area contributed by atoms with E-state index in [0.717, 1.165) is 19.3 Å². The minimum atomic E-state index is -0.458. The molecule has 2 heteroatoms. The minimum Gasteiger partial charge on any atom is -0.363 e. The Bertz CT molecular complexity index is 428. The van der Waals surface area contributed by atoms with Crippen LogP contribution in [0.4, 0.5) is 0 Å². The normalized spacial score (nSPS) is 24.8. The fourth-order valence-electron chi connectivity index (χ4n) is 3.72. The van der Waals surface area contributed by atoms with Gasteiger partial charge in [-0.2, -0.15) is 0 Å². The maximum absolute atomic E-state index is 6.39. The van der Waals surface area contributed by atoms with Gasteiger partial charge >= 0.3 is 0 Å². The molecule has 2 unspecified atom stereocenters. The first kappa shape index (κ1) is 17.5. The summed E-state index contributed by atoms with van der Waals surface area (Å²) >= 11 is 0. The van der Waals surface area contributed by atoms with Crippen LogP contribution in [0.2, 0.25) is 0 Å². The Morgan fingerprint density at radius 2 is 1.77 bits per heavy atom. The summed E-state index contributed by atoms with van der Waals surface area (Å²) in [5.74, 6) is 0.348. The smallest absolute Gasteiger partial charge is 0.123 e. The zero-order valence-corrected chi connectivity index (χ0v) is 14.4. The van der Waals surface area contributed by atoms with E-state index < -0.39 is 5.72 Å². The van der Waals surface area contributed by atoms with Crippen LogP contribution in [-0.4, -0.2) is 12.8 Å². The van der Waals surface area contributed by atoms with Crippen molar-refractivity contribution in [3.8, 4) is 0 Å². The van der Waals surface area contributed by atoms with E-state index in [0.29, 0.717) is 5.92 Å². The van der Waals surface area contributed by atoms with Crippen LogP contribution in [-0.2, 0) is 11.2 Å². The summed E-state index contributed by atoms with van der Waals surface area (Å²) in [5, 5.41) is 0. The molecule has 22 heavy (non-hydrogen) atoms. The van der Waals surface area contributed by atoms with E-state index in [2.05, 4.69) is 31.2 Å². The predicted molar refractivity (Wildman–Crippen MR) is 94.0 cm³/mol. The van der Waals surface area contributed by atoms with Crippen molar-refractivity contribution >= 4 is 0 Å². The van der Waals surface area contributed by atoms with Crippen molar-refractivity contribution in [1.82, 2.24) is 0 Å². The molecule has 1 fully saturated rings. The molecule has 1 aromatic rings. The molecule has 0 aromatic heterocycles. The fraction of sp³-hybridized carbons (Fsp3) is 0.700. The van der Waals surface area contributed by atoms with Crippen molar-refractivity contribution in [3.63, 3.8) is 0 Å². The number of unbranched alkanes of at least 4 members (excludes halogenated alkanes) is 5. The Labute approximate surface area is 136 Å². The SMILES string of the molecule is CCCCCCCCc1ccc(C2CCCC2(N)OC)cc1. The average Bonchev–Trinajstić information content (AvgIpc) is 2.94. The molecule has 124 valence electrons. The van der Waals surface area contributed by atoms with Gasteiger partial charge in [0.05, 0.1) is 0 Å². The van der Waals surface area contributed by atoms with Crippen LogP contribution in [0.25, 0.3) is 0 Å². The number of nitrogens with two attached hydrogens (primary N) is 1. The second-order valence-electron chi connectivity index (χ2n) is 6.86. The van der Waals surface area contributed by atoms with Gasteiger partial charge in [0.2, 0.25) is 0 Å². The molecule has 1 aliphatic rings. The Balaban J connectivity index is 1.80. The Morgan fingerprint density at radius 3 is 2.45 bits per heavy atom. The molecule has 0 radical (unpaired) electrons. The lowest BCUT2D eigenvalue weighted by Gasteiger charge is -2.30. The van der Waals surface area contributed by atoms with Crippen LogP contribution < -0.4 is 5.73 Å². The van der Waals surface area contributed by atoms with Crippen LogP contribution in [0.1, 0.15) is 81.8 Å². The molecular formula is C20H33NO. The van der Waals surface area contributed by atoms with Gasteiger partial charge in [-0.3, -0.25) is 0 Å². The Morgan fingerprint density at radius 1 is 1.09 bits per heavy atom. The molecule has 1 saturated carbocycles. The zero-order chi connectivity index (χ0) is 15.8. The van der Waals surface area contributed by atoms with Gasteiger partial charge in [0.15, 0.2) is 0 Å². The highest BCUT2D eigenvalue weighted by Crippen LogP contribution is 2.41. The third-order valence-electron chi connectivity index (χ3n) is 5.23. The van der Waals surface area contributed by atoms with Gasteiger partial charge in [-0.15, -0.1) is 0 Å². The van der Waals surface area contributed by atoms with Crippen LogP contribution in [0.15, 0.2) is 24.3 Å². The summed E-state index contributed by atoms with van der Waals surface area (Å²) < 4.78 is 5.59. The number of methoxy groups -OCH3 is 1. The van der Waals surface area contributed by atoms with E-state index in [1.54, 1.807) is 7.11 Å². The van der Waals surface area contributed by atoms with Crippen molar-refractivity contribution in [2.45, 2.75) is 82.8 Å². The van der Waals surface area contributed by atoms with Gasteiger partial charge in [-0.1, -0.05) is 63.3 Å². The number of ether oxygens (including phenoxy) is 1. The summed E-state index contributed by atoms with van der Waals surface area (Å²) in [6.45, 7) is 2.27. The first-order valence-corrected chi connectivity index (χ1v) is 9.12. The van der Waals surface area contributed by atoms with Crippen molar-refractivity contribution < 1.29 is 4.74 Å². The molecule has 2 rings (SSSR count). The molecule has 0 amide bonds. The van der Waals surface area contributed by atoms with E-state index in [4.69, 9.17) is 10.5 Å². The molecule has 1 aromatic carbocycles. The number of benzene rings is 1. The van der Waals surface area contributed by atoms with Gasteiger partial charge < -0.3 is 10.5 Å². The summed E-state index contributed by atoms with van der Waals surface area (Å²) in [5.41, 5.74) is 8.73. The van der Waals surface area contributed by atoms with Crippen LogP contribution >= 0.6 is 0 Å². The van der Waals surface area contributed by atoms with Crippen LogP contribution in [0.5, 0.6) is 0 Å². The summed E-state index contributed by atoms with van der Waals surface area (Å²) in [6.07, 6.45) is 12.6. The third kappa shape index (κ3) is 4.57. The van der Waals surface area contributed by atoms with Gasteiger partial charge in [0.1, 0.15) is 5.72 Å². The van der Waals surface area contributed by atoms with Crippen LogP contribution in [0.3, 0.4) is 0 Å². The quantitative estimate of drug-likeness (QED) is 0.505. The lowest BCUT2D eigenvalue weighted by atomic mass is 9.90. The molecule has 0 aliphatic heterocycles. The first-order chi connectivity index (χ1) is 10.7. The molecule has 2 N–H and O–H groups in total. The first-order valence-electron chi connectivity index (χ1n) is 9.12. The average molecular weight is 303 g/mol. The maximum atomic E-state index is 6.39. The van der Waals surface area contributed by atoms with Gasteiger partial charge in [-0.05, 0) is 43.2 Å². The molecule has 0 heterocycles. The van der Waals surface area contributed by atoms with E-state index in [9.17, 15) is 0 Å². The third-order valence-corrected chi connectivity index (χ3v) is 5.23. The lowest BCUT2D eigenvalue weighted by molar-refractivity contribution is -0.0133. The highest BCUT2D eigenvalue weighted by molar-refractivity contribution is 5.28. The van der Waals surface area contributed by atoms with Crippen LogP contribution in [0, 0.1) is 0 Å². The molecule has 1 aliphatic carbocycles. The van der Waals surface area contributed by atoms with Crippen molar-refractivity contribution in [1.29, 1.82) is 0 Å². The van der Waals surface area contributed by atoms with E-state index in [-0.39, 0.29) is 0 Å². The standard InChI is InChI=1S/C20H33NO/c1-3-4-5-6-7-8-10-17-12-14-18(15-13-17)19-11-9-16-20(19,21)22-2/h12-15,19H,3-11,16,21H2,1-2H3. The second-order valence-corrected chi connectivity index (χ2v) is 6.86. The van der Waals surface area contributed by atoms with Gasteiger partial charge in [0, 0.05) is 13.0 Å². The topological polar surface area (TPSA) is 35.2 Å². The molecule has 0 saturated heterocycles. The van der Waals surface area contributed by atoms with Gasteiger partial charge in [-0.25, -0.2) is 0 Å². The zero-order valence-electron chi connectivity index (χ0n) is 14.4. The van der Waals surface area contributed by atoms with E-state index in [1.807, 2.05) is 0 Å². The number of rotatable bonds is 9. The van der Waals surface area contributed by atoms with E-state index >= 15 is 0 Å². The van der Waals surface area contributed by atoms with Gasteiger partial charge in [0.25, 0.3) is 0 Å². The molecule has 2 atom stereocenters. The Kier molecular flexibility index (Phi) is 6.91. The number of hydrogen-bond donors (Lipinski definition) is 1. The summed E-state index contributed by atoms with van der Waals surface area (Å²) in [4.78, 5) is 0. The minimum absolute atomic E-state index is 0.348. The summed E-state index contributed by atoms with van der Waals surface area (Å²) in [7, 11) is 1.74. The molecule has 0 bridgehead atoms. The van der Waals surface area contributed by atoms with Crippen molar-refractivity contribution in [3.05, 3.63) is 35.4 Å². The van der Waals surface area contributed by atoms with Crippen molar-refractivity contribution in [2.24, 2.45) is 5.73 Å². The number of aryl methyl sites for hydroxylation is 1. The highest BCUT2D eigenvalue weighted by atomic mass is 16.5. The molecular weight excluding hydrogens is 270 g/mol. The largest absolute Gasteiger partial charge is 0.363 e. The molecule has 2 nitrogen and oxygen atoms in total. The molecule has 0 spiro atoms. The lowest BCUT2D eigenvalue weighted by Crippen LogP contribution is -2.43. The fourth-order valence-corrected chi connectivity index (χ4v) is 3.72. The van der Waals surface area contributed by atoms with Crippen molar-refractivity contribution in [2.75, 3.05) is 7.11 Å². The second kappa shape index (κ2) is 8.69. The summed E-state index contributed by atoms with van der Waals surface area (Å²) in [6, 6.07) is 9.11. The highest BCUT2D eigenvalue weighted by Gasteiger charge is 2.40. The monoisotopic (exact) mass is 303 g/mol. The number of hydrogen-bond acceptors (Lipinski definition) is 2. The van der Waals surface area contributed by atoms with E-state index in [1.165, 1.54) is 56.1 Å².